The molecule has 3 fully saturated rings. The minimum absolute atomic E-state index is 0.352. The number of fused-ring (bicyclic) bond motifs is 1. The molecule has 0 aliphatic carbocycles. The predicted octanol–water partition coefficient (Wildman–Crippen LogP) is 2.31. The zero-order valence-electron chi connectivity index (χ0n) is 15.9. The first kappa shape index (κ1) is 22.6. The number of rotatable bonds is 5. The van der Waals surface area contributed by atoms with E-state index in [0.717, 1.165) is 0 Å². The summed E-state index contributed by atoms with van der Waals surface area (Å²) in [6.45, 7) is 4.80. The summed E-state index contributed by atoms with van der Waals surface area (Å²) in [4.78, 5) is 36.8. The maximum Gasteiger partial charge on any atom is 0.434 e. The molecule has 3 saturated heterocycles. The molecule has 0 radical (unpaired) electrons. The number of carbonyl (C=O) groups excluding carboxylic acids is 3. The van der Waals surface area contributed by atoms with Gasteiger partial charge < -0.3 is 18.9 Å². The van der Waals surface area contributed by atoms with Gasteiger partial charge in [0.15, 0.2) is 12.2 Å². The molecule has 13 heteroatoms. The number of ether oxygens (including phenoxy) is 4. The number of esters is 3. The van der Waals surface area contributed by atoms with E-state index in [1.165, 1.54) is 0 Å². The quantitative estimate of drug-likeness (QED) is 0.362. The second-order valence-corrected chi connectivity index (χ2v) is 8.03. The minimum atomic E-state index is -5.91. The Bertz CT molecular complexity index is 732. The number of hydrogen-bond acceptors (Lipinski definition) is 7. The summed E-state index contributed by atoms with van der Waals surface area (Å²) >= 11 is 0. The summed E-state index contributed by atoms with van der Waals surface area (Å²) in [5, 5.41) is 0. The van der Waals surface area contributed by atoms with Gasteiger partial charge in [0.1, 0.15) is 24.0 Å². The van der Waals surface area contributed by atoms with Crippen molar-refractivity contribution in [1.82, 2.24) is 0 Å². The molecule has 2 bridgehead atoms. The van der Waals surface area contributed by atoms with Crippen LogP contribution in [0.15, 0.2) is 0 Å². The molecular weight excluding hydrogens is 430 g/mol. The summed E-state index contributed by atoms with van der Waals surface area (Å²) in [5.41, 5.74) is -0.975. The van der Waals surface area contributed by atoms with E-state index in [1.807, 2.05) is 0 Å². The molecular formula is C17H18F6O7. The van der Waals surface area contributed by atoms with Gasteiger partial charge in [-0.25, -0.2) is 0 Å². The van der Waals surface area contributed by atoms with Crippen LogP contribution in [0.25, 0.3) is 0 Å². The van der Waals surface area contributed by atoms with E-state index in [4.69, 9.17) is 14.2 Å². The van der Waals surface area contributed by atoms with Crippen molar-refractivity contribution in [3.63, 3.8) is 0 Å². The Morgan fingerprint density at radius 2 is 1.60 bits per heavy atom. The highest BCUT2D eigenvalue weighted by molar-refractivity contribution is 5.87. The standard InChI is InChI=1S/C17H18F6O7/c1-4-15(2,3)14(26)29-10-8-6(5-7(27-8)9(10)28-11(5)24)12(25)30-13(16(18,19)20)17(21,22)23/h5-10,13H,4H2,1-3H3. The summed E-state index contributed by atoms with van der Waals surface area (Å²) < 4.78 is 95.9. The molecule has 3 heterocycles. The lowest BCUT2D eigenvalue weighted by atomic mass is 9.78. The minimum Gasteiger partial charge on any atom is -0.455 e. The van der Waals surface area contributed by atoms with Gasteiger partial charge in [-0.2, -0.15) is 26.3 Å². The highest BCUT2D eigenvalue weighted by Gasteiger charge is 2.73. The third kappa shape index (κ3) is 3.60. The fourth-order valence-corrected chi connectivity index (χ4v) is 3.68. The summed E-state index contributed by atoms with van der Waals surface area (Å²) in [5.74, 6) is -7.00. The molecule has 0 aromatic rings. The predicted molar refractivity (Wildman–Crippen MR) is 81.5 cm³/mol. The fraction of sp³-hybridized carbons (Fsp3) is 0.824. The SMILES string of the molecule is CCC(C)(C)C(=O)OC1C2OC(=O)C3C2OC1C3C(=O)OC(C(F)(F)F)C(F)(F)F. The zero-order chi connectivity index (χ0) is 22.8. The lowest BCUT2D eigenvalue weighted by Gasteiger charge is -2.31. The monoisotopic (exact) mass is 448 g/mol. The van der Waals surface area contributed by atoms with Gasteiger partial charge in [-0.1, -0.05) is 6.92 Å². The van der Waals surface area contributed by atoms with Crippen molar-refractivity contribution < 1.29 is 59.7 Å². The van der Waals surface area contributed by atoms with Crippen molar-refractivity contribution in [2.24, 2.45) is 17.3 Å². The largest absolute Gasteiger partial charge is 0.455 e. The van der Waals surface area contributed by atoms with Gasteiger partial charge in [-0.15, -0.1) is 0 Å². The molecule has 0 aromatic carbocycles. The second-order valence-electron chi connectivity index (χ2n) is 8.03. The van der Waals surface area contributed by atoms with Crippen LogP contribution in [0.1, 0.15) is 27.2 Å². The summed E-state index contributed by atoms with van der Waals surface area (Å²) in [6.07, 6.45) is -20.9. The van der Waals surface area contributed by atoms with E-state index >= 15 is 0 Å². The van der Waals surface area contributed by atoms with Crippen LogP contribution in [0, 0.1) is 17.3 Å². The molecule has 6 atom stereocenters. The number of alkyl halides is 6. The third-order valence-electron chi connectivity index (χ3n) is 5.69. The van der Waals surface area contributed by atoms with E-state index in [-0.39, 0.29) is 0 Å². The van der Waals surface area contributed by atoms with Gasteiger partial charge >= 0.3 is 30.3 Å². The van der Waals surface area contributed by atoms with Crippen molar-refractivity contribution in [2.45, 2.75) is 70.1 Å². The normalized spacial score (nSPS) is 33.1. The van der Waals surface area contributed by atoms with Crippen LogP contribution in [0.3, 0.4) is 0 Å². The van der Waals surface area contributed by atoms with Crippen molar-refractivity contribution in [2.75, 3.05) is 0 Å². The summed E-state index contributed by atoms with van der Waals surface area (Å²) in [7, 11) is 0. The maximum absolute atomic E-state index is 12.7. The number of hydrogen-bond donors (Lipinski definition) is 0. The smallest absolute Gasteiger partial charge is 0.434 e. The molecule has 6 unspecified atom stereocenters. The first-order valence-corrected chi connectivity index (χ1v) is 9.00. The Morgan fingerprint density at radius 1 is 1.03 bits per heavy atom. The molecule has 0 spiro atoms. The molecule has 0 amide bonds. The van der Waals surface area contributed by atoms with Crippen molar-refractivity contribution in [3.8, 4) is 0 Å². The molecule has 0 N–H and O–H groups in total. The zero-order valence-corrected chi connectivity index (χ0v) is 15.9. The van der Waals surface area contributed by atoms with Gasteiger partial charge in [-0.05, 0) is 20.3 Å². The van der Waals surface area contributed by atoms with E-state index in [1.54, 1.807) is 20.8 Å². The molecule has 30 heavy (non-hydrogen) atoms. The average molecular weight is 448 g/mol. The highest BCUT2D eigenvalue weighted by atomic mass is 19.4. The van der Waals surface area contributed by atoms with E-state index in [2.05, 4.69) is 4.74 Å². The van der Waals surface area contributed by atoms with Crippen LogP contribution < -0.4 is 0 Å². The van der Waals surface area contributed by atoms with E-state index in [9.17, 15) is 40.7 Å². The maximum atomic E-state index is 12.7. The lowest BCUT2D eigenvalue weighted by molar-refractivity contribution is -0.314. The third-order valence-corrected chi connectivity index (χ3v) is 5.69. The lowest BCUT2D eigenvalue weighted by Crippen LogP contribution is -2.52. The fourth-order valence-electron chi connectivity index (χ4n) is 3.68. The van der Waals surface area contributed by atoms with Gasteiger partial charge in [0.25, 0.3) is 6.10 Å². The molecule has 7 nitrogen and oxygen atoms in total. The molecule has 0 aromatic heterocycles. The summed E-state index contributed by atoms with van der Waals surface area (Å²) in [6, 6.07) is 0. The van der Waals surface area contributed by atoms with Gasteiger partial charge in [0.05, 0.1) is 5.41 Å². The Hall–Kier alpha value is -2.05. The van der Waals surface area contributed by atoms with Crippen LogP contribution >= 0.6 is 0 Å². The Balaban J connectivity index is 1.84. The Labute approximate surface area is 165 Å². The van der Waals surface area contributed by atoms with Crippen molar-refractivity contribution in [3.05, 3.63) is 0 Å². The van der Waals surface area contributed by atoms with E-state index < -0.39 is 78.0 Å². The Kier molecular flexibility index (Phi) is 5.27. The molecule has 3 aliphatic rings. The topological polar surface area (TPSA) is 88.1 Å². The van der Waals surface area contributed by atoms with Gasteiger partial charge in [0, 0.05) is 0 Å². The Morgan fingerprint density at radius 3 is 2.10 bits per heavy atom. The first-order chi connectivity index (χ1) is 13.6. The second kappa shape index (κ2) is 6.99. The van der Waals surface area contributed by atoms with Crippen LogP contribution in [0.5, 0.6) is 0 Å². The van der Waals surface area contributed by atoms with Crippen molar-refractivity contribution >= 4 is 17.9 Å². The highest BCUT2D eigenvalue weighted by Crippen LogP contribution is 2.52. The number of halogens is 6. The van der Waals surface area contributed by atoms with Crippen LogP contribution in [0.4, 0.5) is 26.3 Å². The molecule has 3 rings (SSSR count). The van der Waals surface area contributed by atoms with Gasteiger partial charge in [-0.3, -0.25) is 14.4 Å². The van der Waals surface area contributed by atoms with E-state index in [0.29, 0.717) is 6.42 Å². The molecule has 3 aliphatic heterocycles. The van der Waals surface area contributed by atoms with Crippen molar-refractivity contribution in [1.29, 1.82) is 0 Å². The van der Waals surface area contributed by atoms with Gasteiger partial charge in [0.2, 0.25) is 0 Å². The molecule has 0 saturated carbocycles. The van der Waals surface area contributed by atoms with Crippen LogP contribution in [-0.4, -0.2) is 60.8 Å². The average Bonchev–Trinajstić information content (AvgIpc) is 3.20. The first-order valence-electron chi connectivity index (χ1n) is 9.00. The van der Waals surface area contributed by atoms with Crippen LogP contribution in [0.2, 0.25) is 0 Å². The number of carbonyl (C=O) groups is 3. The molecule has 170 valence electrons. The van der Waals surface area contributed by atoms with Crippen LogP contribution in [-0.2, 0) is 33.3 Å².